The van der Waals surface area contributed by atoms with E-state index in [9.17, 15) is 0 Å². The van der Waals surface area contributed by atoms with Crippen LogP contribution in [0.5, 0.6) is 0 Å². The molecule has 1 saturated heterocycles. The van der Waals surface area contributed by atoms with Gasteiger partial charge < -0.3 is 5.32 Å². The van der Waals surface area contributed by atoms with Crippen LogP contribution in [-0.4, -0.2) is 42.9 Å². The molecule has 1 heterocycles. The molecule has 6 heteroatoms. The standard InChI is InChI=1S/C13H15Cl2N3S/c14-10-1-2-12(15)13(7-10)19-6-5-18-4-3-17-9-11(18)8-16/h1-2,7,11,17H,3-6,9H2. The number of halogens is 2. The summed E-state index contributed by atoms with van der Waals surface area (Å²) in [5.74, 6) is 0.901. The molecule has 1 aliphatic rings. The molecule has 0 spiro atoms. The molecular formula is C13H15Cl2N3S. The zero-order valence-corrected chi connectivity index (χ0v) is 12.7. The van der Waals surface area contributed by atoms with E-state index in [0.29, 0.717) is 5.02 Å². The third kappa shape index (κ3) is 4.27. The molecule has 1 aromatic carbocycles. The van der Waals surface area contributed by atoms with E-state index in [2.05, 4.69) is 16.3 Å². The zero-order valence-electron chi connectivity index (χ0n) is 10.4. The van der Waals surface area contributed by atoms with Gasteiger partial charge in [-0.3, -0.25) is 4.90 Å². The second-order valence-corrected chi connectivity index (χ2v) is 6.29. The molecule has 19 heavy (non-hydrogen) atoms. The van der Waals surface area contributed by atoms with Crippen molar-refractivity contribution in [1.29, 1.82) is 5.26 Å². The average Bonchev–Trinajstić information content (AvgIpc) is 2.43. The van der Waals surface area contributed by atoms with Crippen molar-refractivity contribution in [2.24, 2.45) is 0 Å². The van der Waals surface area contributed by atoms with E-state index >= 15 is 0 Å². The van der Waals surface area contributed by atoms with Crippen molar-refractivity contribution in [3.8, 4) is 6.07 Å². The van der Waals surface area contributed by atoms with Crippen LogP contribution >= 0.6 is 35.0 Å². The summed E-state index contributed by atoms with van der Waals surface area (Å²) < 4.78 is 0. The highest BCUT2D eigenvalue weighted by Crippen LogP contribution is 2.29. The van der Waals surface area contributed by atoms with E-state index in [4.69, 9.17) is 28.5 Å². The van der Waals surface area contributed by atoms with Gasteiger partial charge in [-0.05, 0) is 18.2 Å². The highest BCUT2D eigenvalue weighted by molar-refractivity contribution is 7.99. The number of benzene rings is 1. The van der Waals surface area contributed by atoms with Crippen LogP contribution in [0.25, 0.3) is 0 Å². The maximum atomic E-state index is 9.08. The first-order valence-electron chi connectivity index (χ1n) is 6.13. The summed E-state index contributed by atoms with van der Waals surface area (Å²) in [7, 11) is 0. The van der Waals surface area contributed by atoms with Crippen molar-refractivity contribution < 1.29 is 0 Å². The summed E-state index contributed by atoms with van der Waals surface area (Å²) in [5.41, 5.74) is 0. The van der Waals surface area contributed by atoms with Crippen molar-refractivity contribution in [3.63, 3.8) is 0 Å². The van der Waals surface area contributed by atoms with E-state index in [1.54, 1.807) is 17.8 Å². The second-order valence-electron chi connectivity index (χ2n) is 4.31. The van der Waals surface area contributed by atoms with Crippen molar-refractivity contribution in [2.75, 3.05) is 31.9 Å². The lowest BCUT2D eigenvalue weighted by Crippen LogP contribution is -2.51. The SMILES string of the molecule is N#CC1CNCCN1CCSc1cc(Cl)ccc1Cl. The number of nitrogens with one attached hydrogen (secondary N) is 1. The predicted octanol–water partition coefficient (Wildman–Crippen LogP) is 2.88. The Morgan fingerprint density at radius 3 is 3.11 bits per heavy atom. The molecule has 0 aliphatic carbocycles. The van der Waals surface area contributed by atoms with Crippen LogP contribution in [0.15, 0.2) is 23.1 Å². The van der Waals surface area contributed by atoms with Gasteiger partial charge >= 0.3 is 0 Å². The minimum Gasteiger partial charge on any atom is -0.313 e. The molecule has 2 rings (SSSR count). The number of piperazine rings is 1. The largest absolute Gasteiger partial charge is 0.313 e. The molecule has 0 aromatic heterocycles. The Hall–Kier alpha value is -0.440. The summed E-state index contributed by atoms with van der Waals surface area (Å²) in [6.45, 7) is 3.50. The summed E-state index contributed by atoms with van der Waals surface area (Å²) >= 11 is 13.8. The zero-order chi connectivity index (χ0) is 13.7. The number of hydrogen-bond donors (Lipinski definition) is 1. The van der Waals surface area contributed by atoms with Gasteiger partial charge in [0, 0.05) is 41.8 Å². The number of hydrogen-bond acceptors (Lipinski definition) is 4. The first kappa shape index (κ1) is 15.0. The monoisotopic (exact) mass is 315 g/mol. The molecule has 1 atom stereocenters. The van der Waals surface area contributed by atoms with E-state index in [1.165, 1.54) is 0 Å². The second kappa shape index (κ2) is 7.37. The molecule has 0 saturated carbocycles. The van der Waals surface area contributed by atoms with E-state index in [-0.39, 0.29) is 6.04 Å². The van der Waals surface area contributed by atoms with Gasteiger partial charge in [-0.25, -0.2) is 0 Å². The van der Waals surface area contributed by atoms with Gasteiger partial charge in [0.2, 0.25) is 0 Å². The van der Waals surface area contributed by atoms with Gasteiger partial charge in [0.05, 0.1) is 11.1 Å². The van der Waals surface area contributed by atoms with Gasteiger partial charge in [0.15, 0.2) is 0 Å². The first-order chi connectivity index (χ1) is 9.20. The number of nitriles is 1. The molecule has 0 bridgehead atoms. The molecule has 1 fully saturated rings. The fraction of sp³-hybridized carbons (Fsp3) is 0.462. The highest BCUT2D eigenvalue weighted by atomic mass is 35.5. The van der Waals surface area contributed by atoms with Crippen LogP contribution in [0, 0.1) is 11.3 Å². The third-order valence-electron chi connectivity index (χ3n) is 3.03. The Morgan fingerprint density at radius 2 is 2.32 bits per heavy atom. The van der Waals surface area contributed by atoms with Crippen LogP contribution in [0.3, 0.4) is 0 Å². The Labute approximate surface area is 127 Å². The van der Waals surface area contributed by atoms with Crippen molar-refractivity contribution >= 4 is 35.0 Å². The van der Waals surface area contributed by atoms with Crippen LogP contribution in [0.2, 0.25) is 10.0 Å². The lowest BCUT2D eigenvalue weighted by Gasteiger charge is -2.31. The lowest BCUT2D eigenvalue weighted by atomic mass is 10.2. The maximum Gasteiger partial charge on any atom is 0.110 e. The lowest BCUT2D eigenvalue weighted by molar-refractivity contribution is 0.209. The van der Waals surface area contributed by atoms with E-state index in [1.807, 2.05) is 12.1 Å². The van der Waals surface area contributed by atoms with Crippen molar-refractivity contribution in [1.82, 2.24) is 10.2 Å². The summed E-state index contributed by atoms with van der Waals surface area (Å²) in [6.07, 6.45) is 0. The smallest absolute Gasteiger partial charge is 0.110 e. The molecule has 1 unspecified atom stereocenters. The topological polar surface area (TPSA) is 39.1 Å². The Bertz CT molecular complexity index is 475. The normalized spacial score (nSPS) is 20.2. The van der Waals surface area contributed by atoms with Crippen molar-refractivity contribution in [3.05, 3.63) is 28.2 Å². The minimum atomic E-state index is -0.0239. The average molecular weight is 316 g/mol. The summed E-state index contributed by atoms with van der Waals surface area (Å²) in [6, 6.07) is 7.79. The summed E-state index contributed by atoms with van der Waals surface area (Å²) in [4.78, 5) is 3.21. The molecule has 0 radical (unpaired) electrons. The van der Waals surface area contributed by atoms with Gasteiger partial charge in [-0.1, -0.05) is 23.2 Å². The van der Waals surface area contributed by atoms with Gasteiger partial charge in [-0.15, -0.1) is 11.8 Å². The quantitative estimate of drug-likeness (QED) is 0.867. The van der Waals surface area contributed by atoms with E-state index < -0.39 is 0 Å². The first-order valence-corrected chi connectivity index (χ1v) is 7.87. The van der Waals surface area contributed by atoms with Crippen LogP contribution in [-0.2, 0) is 0 Å². The molecule has 1 aliphatic heterocycles. The van der Waals surface area contributed by atoms with Crippen LogP contribution in [0.4, 0.5) is 0 Å². The molecule has 1 N–H and O–H groups in total. The number of thioether (sulfide) groups is 1. The third-order valence-corrected chi connectivity index (χ3v) is 4.74. The summed E-state index contributed by atoms with van der Waals surface area (Å²) in [5, 5.41) is 13.7. The van der Waals surface area contributed by atoms with Crippen LogP contribution in [0.1, 0.15) is 0 Å². The van der Waals surface area contributed by atoms with Crippen LogP contribution < -0.4 is 5.32 Å². The van der Waals surface area contributed by atoms with E-state index in [0.717, 1.165) is 41.8 Å². The minimum absolute atomic E-state index is 0.0239. The molecule has 3 nitrogen and oxygen atoms in total. The van der Waals surface area contributed by atoms with Crippen molar-refractivity contribution in [2.45, 2.75) is 10.9 Å². The number of nitrogens with zero attached hydrogens (tertiary/aromatic N) is 2. The Morgan fingerprint density at radius 1 is 1.47 bits per heavy atom. The Balaban J connectivity index is 1.86. The van der Waals surface area contributed by atoms with Gasteiger partial charge in [0.1, 0.15) is 6.04 Å². The molecule has 0 amide bonds. The fourth-order valence-electron chi connectivity index (χ4n) is 2.00. The van der Waals surface area contributed by atoms with Gasteiger partial charge in [0.25, 0.3) is 0 Å². The molecule has 1 aromatic rings. The van der Waals surface area contributed by atoms with Gasteiger partial charge in [-0.2, -0.15) is 5.26 Å². The number of rotatable bonds is 4. The predicted molar refractivity (Wildman–Crippen MR) is 81.0 cm³/mol. The molecule has 102 valence electrons. The molecular weight excluding hydrogens is 301 g/mol. The maximum absolute atomic E-state index is 9.08. The Kier molecular flexibility index (Phi) is 5.80. The highest BCUT2D eigenvalue weighted by Gasteiger charge is 2.20. The fourth-order valence-corrected chi connectivity index (χ4v) is 3.48.